The minimum atomic E-state index is -0.154. The summed E-state index contributed by atoms with van der Waals surface area (Å²) in [6.45, 7) is 5.19. The Morgan fingerprint density at radius 2 is 1.95 bits per heavy atom. The van der Waals surface area contributed by atoms with Crippen LogP contribution in [0.3, 0.4) is 0 Å². The molecule has 110 valence electrons. The predicted octanol–water partition coefficient (Wildman–Crippen LogP) is 2.65. The molecule has 0 saturated carbocycles. The molecule has 0 aliphatic carbocycles. The first kappa shape index (κ1) is 15.0. The highest BCUT2D eigenvalue weighted by atomic mass is 16.7. The fraction of sp³-hybridized carbons (Fsp3) is 0.562. The number of ether oxygens (including phenoxy) is 2. The van der Waals surface area contributed by atoms with Crippen LogP contribution in [0, 0.1) is 5.92 Å². The van der Waals surface area contributed by atoms with E-state index in [1.807, 2.05) is 30.3 Å². The van der Waals surface area contributed by atoms with Crippen LogP contribution in [-0.4, -0.2) is 25.4 Å². The number of hydrogen-bond acceptors (Lipinski definition) is 3. The summed E-state index contributed by atoms with van der Waals surface area (Å²) in [6, 6.07) is 10.0. The molecule has 1 amide bonds. The van der Waals surface area contributed by atoms with Crippen LogP contribution in [0.4, 0.5) is 0 Å². The normalized spacial score (nSPS) is 19.3. The molecule has 0 radical (unpaired) electrons. The molecular formula is C16H23NO3. The quantitative estimate of drug-likeness (QED) is 0.900. The molecular weight excluding hydrogens is 254 g/mol. The van der Waals surface area contributed by atoms with E-state index in [1.165, 1.54) is 0 Å². The molecule has 4 heteroatoms. The fourth-order valence-electron chi connectivity index (χ4n) is 2.55. The van der Waals surface area contributed by atoms with E-state index in [0.29, 0.717) is 0 Å². The van der Waals surface area contributed by atoms with Gasteiger partial charge in [-0.1, -0.05) is 37.3 Å². The van der Waals surface area contributed by atoms with Crippen LogP contribution in [-0.2, 0) is 14.3 Å². The van der Waals surface area contributed by atoms with Crippen molar-refractivity contribution in [3.63, 3.8) is 0 Å². The molecule has 1 heterocycles. The van der Waals surface area contributed by atoms with Crippen molar-refractivity contribution in [2.75, 3.05) is 13.2 Å². The Morgan fingerprint density at radius 3 is 2.55 bits per heavy atom. The van der Waals surface area contributed by atoms with Crippen molar-refractivity contribution >= 4 is 5.91 Å². The molecule has 2 rings (SSSR count). The van der Waals surface area contributed by atoms with Crippen molar-refractivity contribution in [1.82, 2.24) is 5.32 Å². The number of benzene rings is 1. The summed E-state index contributed by atoms with van der Waals surface area (Å²) in [7, 11) is 0. The molecule has 4 nitrogen and oxygen atoms in total. The van der Waals surface area contributed by atoms with Gasteiger partial charge < -0.3 is 14.8 Å². The van der Waals surface area contributed by atoms with Gasteiger partial charge in [0.05, 0.1) is 19.3 Å². The Labute approximate surface area is 120 Å². The van der Waals surface area contributed by atoms with Crippen LogP contribution in [0.25, 0.3) is 0 Å². The van der Waals surface area contributed by atoms with Gasteiger partial charge in [-0.15, -0.1) is 0 Å². The third-order valence-corrected chi connectivity index (χ3v) is 3.55. The molecule has 1 saturated heterocycles. The third kappa shape index (κ3) is 4.32. The topological polar surface area (TPSA) is 47.6 Å². The molecule has 0 aromatic heterocycles. The van der Waals surface area contributed by atoms with E-state index < -0.39 is 0 Å². The maximum Gasteiger partial charge on any atom is 0.217 e. The Kier molecular flexibility index (Phi) is 5.56. The van der Waals surface area contributed by atoms with Crippen LogP contribution in [0.2, 0.25) is 0 Å². The van der Waals surface area contributed by atoms with Gasteiger partial charge in [0.25, 0.3) is 0 Å². The van der Waals surface area contributed by atoms with Crippen molar-refractivity contribution in [1.29, 1.82) is 0 Å². The first-order valence-electron chi connectivity index (χ1n) is 7.22. The van der Waals surface area contributed by atoms with Crippen molar-refractivity contribution in [2.24, 2.45) is 5.92 Å². The van der Waals surface area contributed by atoms with Crippen molar-refractivity contribution in [2.45, 2.75) is 39.0 Å². The molecule has 0 unspecified atom stereocenters. The van der Waals surface area contributed by atoms with E-state index >= 15 is 0 Å². The standard InChI is InChI=1S/C16H23NO3/c1-12(11-15-19-9-6-10-20-15)16(17-13(2)18)14-7-4-3-5-8-14/h3-5,7-8,12,15-16H,6,9-11H2,1-2H3,(H,17,18)/t12-,16-/m1/s1. The van der Waals surface area contributed by atoms with E-state index in [-0.39, 0.29) is 24.2 Å². The molecule has 2 atom stereocenters. The van der Waals surface area contributed by atoms with Gasteiger partial charge in [0.1, 0.15) is 0 Å². The number of amides is 1. The van der Waals surface area contributed by atoms with Gasteiger partial charge in [-0.05, 0) is 17.9 Å². The third-order valence-electron chi connectivity index (χ3n) is 3.55. The maximum absolute atomic E-state index is 11.5. The van der Waals surface area contributed by atoms with Crippen LogP contribution < -0.4 is 5.32 Å². The van der Waals surface area contributed by atoms with Gasteiger partial charge in [-0.25, -0.2) is 0 Å². The lowest BCUT2D eigenvalue weighted by Gasteiger charge is -2.30. The van der Waals surface area contributed by atoms with E-state index in [4.69, 9.17) is 9.47 Å². The van der Waals surface area contributed by atoms with Crippen LogP contribution >= 0.6 is 0 Å². The first-order valence-corrected chi connectivity index (χ1v) is 7.22. The molecule has 1 fully saturated rings. The second-order valence-electron chi connectivity index (χ2n) is 5.33. The lowest BCUT2D eigenvalue weighted by molar-refractivity contribution is -0.187. The highest BCUT2D eigenvalue weighted by Gasteiger charge is 2.25. The lowest BCUT2D eigenvalue weighted by atomic mass is 9.91. The highest BCUT2D eigenvalue weighted by Crippen LogP contribution is 2.27. The predicted molar refractivity (Wildman–Crippen MR) is 77.1 cm³/mol. The SMILES string of the molecule is CC(=O)N[C@@H](c1ccccc1)[C@H](C)CC1OCCCO1. The van der Waals surface area contributed by atoms with E-state index in [2.05, 4.69) is 12.2 Å². The average Bonchev–Trinajstić information content (AvgIpc) is 2.46. The summed E-state index contributed by atoms with van der Waals surface area (Å²) in [5.41, 5.74) is 1.12. The van der Waals surface area contributed by atoms with Crippen LogP contribution in [0.1, 0.15) is 38.3 Å². The summed E-state index contributed by atoms with van der Waals surface area (Å²) in [5.74, 6) is 0.223. The van der Waals surface area contributed by atoms with Crippen molar-refractivity contribution in [3.05, 3.63) is 35.9 Å². The zero-order valence-electron chi connectivity index (χ0n) is 12.2. The minimum Gasteiger partial charge on any atom is -0.353 e. The van der Waals surface area contributed by atoms with E-state index in [0.717, 1.165) is 31.6 Å². The monoisotopic (exact) mass is 277 g/mol. The minimum absolute atomic E-state index is 0.0113. The molecule has 0 spiro atoms. The summed E-state index contributed by atoms with van der Waals surface area (Å²) >= 11 is 0. The maximum atomic E-state index is 11.5. The van der Waals surface area contributed by atoms with Crippen molar-refractivity contribution in [3.8, 4) is 0 Å². The average molecular weight is 277 g/mol. The molecule has 0 bridgehead atoms. The van der Waals surface area contributed by atoms with Gasteiger partial charge in [0, 0.05) is 13.3 Å². The number of rotatable bonds is 5. The first-order chi connectivity index (χ1) is 9.66. The van der Waals surface area contributed by atoms with Gasteiger partial charge >= 0.3 is 0 Å². The molecule has 1 aromatic carbocycles. The van der Waals surface area contributed by atoms with Crippen molar-refractivity contribution < 1.29 is 14.3 Å². The molecule has 20 heavy (non-hydrogen) atoms. The van der Waals surface area contributed by atoms with Gasteiger partial charge in [-0.3, -0.25) is 4.79 Å². The number of nitrogens with one attached hydrogen (secondary N) is 1. The zero-order valence-corrected chi connectivity index (χ0v) is 12.2. The molecule has 1 aliphatic heterocycles. The Morgan fingerprint density at radius 1 is 1.30 bits per heavy atom. The zero-order chi connectivity index (χ0) is 14.4. The molecule has 1 N–H and O–H groups in total. The van der Waals surface area contributed by atoms with E-state index in [1.54, 1.807) is 6.92 Å². The Bertz CT molecular complexity index is 415. The van der Waals surface area contributed by atoms with Gasteiger partial charge in [0.2, 0.25) is 5.91 Å². The Balaban J connectivity index is 2.03. The number of carbonyl (C=O) groups is 1. The lowest BCUT2D eigenvalue weighted by Crippen LogP contribution is -2.34. The highest BCUT2D eigenvalue weighted by molar-refractivity contribution is 5.73. The summed E-state index contributed by atoms with van der Waals surface area (Å²) < 4.78 is 11.2. The van der Waals surface area contributed by atoms with Crippen LogP contribution in [0.15, 0.2) is 30.3 Å². The number of hydrogen-bond donors (Lipinski definition) is 1. The number of carbonyl (C=O) groups excluding carboxylic acids is 1. The molecule has 1 aromatic rings. The van der Waals surface area contributed by atoms with Gasteiger partial charge in [0.15, 0.2) is 6.29 Å². The van der Waals surface area contributed by atoms with E-state index in [9.17, 15) is 4.79 Å². The molecule has 1 aliphatic rings. The van der Waals surface area contributed by atoms with Gasteiger partial charge in [-0.2, -0.15) is 0 Å². The smallest absolute Gasteiger partial charge is 0.217 e. The summed E-state index contributed by atoms with van der Waals surface area (Å²) in [4.78, 5) is 11.5. The van der Waals surface area contributed by atoms with Crippen LogP contribution in [0.5, 0.6) is 0 Å². The fourth-order valence-corrected chi connectivity index (χ4v) is 2.55. The summed E-state index contributed by atoms with van der Waals surface area (Å²) in [6.07, 6.45) is 1.58. The summed E-state index contributed by atoms with van der Waals surface area (Å²) in [5, 5.41) is 3.04. The Hall–Kier alpha value is -1.39. The largest absolute Gasteiger partial charge is 0.353 e. The second kappa shape index (κ2) is 7.41. The second-order valence-corrected chi connectivity index (χ2v) is 5.33.